The minimum absolute atomic E-state index is 0.00736. The highest BCUT2D eigenvalue weighted by Crippen LogP contribution is 2.63. The number of hydrogen-bond acceptors (Lipinski definition) is 3. The number of rotatable bonds is 7. The molecule has 4 aliphatic rings. The van der Waals surface area contributed by atoms with Gasteiger partial charge in [-0.2, -0.15) is 0 Å². The quantitative estimate of drug-likeness (QED) is 0.149. The van der Waals surface area contributed by atoms with Crippen LogP contribution in [0.1, 0.15) is 112 Å². The molecule has 0 unspecified atom stereocenters. The Morgan fingerprint density at radius 3 is 1.40 bits per heavy atom. The zero-order chi connectivity index (χ0) is 79.8. The molecule has 1 spiro atoms. The van der Waals surface area contributed by atoms with Gasteiger partial charge in [0.2, 0.25) is 0 Å². The minimum atomic E-state index is -0.519. The fourth-order valence-corrected chi connectivity index (χ4v) is 18.5. The largest absolute Gasteiger partial charge is 0.453 e. The SMILES string of the molecule is [2H]c1c([2H])c([2H])c2c(c1[2H])c1c([2H])c([2H])c([2H])c([2H])c1n2-c1ccc2c(c1)N(c1cccc3c1oc1c(-c4ccc5c(c4)-c4ccccc4C54c5ccccc5-c5ccccc54)cccc13)c1cc(C(C)(C)C)cc3c1B2c1ccc(-c2cc(C(C)(C)C)cc(C(C)(C)C)c2)cc1N3c1ccc(-c2ccccc2)cc1-c1ccccc1. The number of anilines is 6. The van der Waals surface area contributed by atoms with E-state index in [-0.39, 0.29) is 44.7 Å². The van der Waals surface area contributed by atoms with Crippen molar-refractivity contribution in [3.05, 3.63) is 360 Å². The topological polar surface area (TPSA) is 24.6 Å². The lowest BCUT2D eigenvalue weighted by Gasteiger charge is -2.45. The molecule has 2 aliphatic carbocycles. The zero-order valence-corrected chi connectivity index (χ0v) is 61.8. The van der Waals surface area contributed by atoms with E-state index in [1.807, 2.05) is 6.07 Å². The van der Waals surface area contributed by atoms with Crippen molar-refractivity contribution in [2.45, 2.75) is 84.0 Å². The molecule has 17 aromatic rings. The maximum Gasteiger partial charge on any atom is 0.252 e. The summed E-state index contributed by atoms with van der Waals surface area (Å²) in [5, 5.41) is 1.85. The highest BCUT2D eigenvalue weighted by Gasteiger charge is 2.52. The van der Waals surface area contributed by atoms with E-state index in [2.05, 4.69) is 339 Å². The maximum atomic E-state index is 9.82. The first-order valence-electron chi connectivity index (χ1n) is 41.7. The van der Waals surface area contributed by atoms with E-state index in [9.17, 15) is 8.22 Å². The molecule has 2 aliphatic heterocycles. The summed E-state index contributed by atoms with van der Waals surface area (Å²) in [4.78, 5) is 4.87. The molecule has 5 heteroatoms. The highest BCUT2D eigenvalue weighted by atomic mass is 16.3. The second-order valence-electron chi connectivity index (χ2n) is 32.9. The third-order valence-electron chi connectivity index (χ3n) is 23.7. The third kappa shape index (κ3) is 9.37. The Kier molecular flexibility index (Phi) is 12.1. The van der Waals surface area contributed by atoms with Crippen LogP contribution in [-0.2, 0) is 21.7 Å². The van der Waals surface area contributed by atoms with E-state index in [0.29, 0.717) is 11.3 Å². The first-order chi connectivity index (χ1) is 55.8. The lowest BCUT2D eigenvalue weighted by Crippen LogP contribution is -2.61. The predicted molar refractivity (Wildman–Crippen MR) is 456 cm³/mol. The minimum Gasteiger partial charge on any atom is -0.453 e. The number of hydrogen-bond donors (Lipinski definition) is 0. The number of aromatic nitrogens is 1. The molecule has 15 aromatic carbocycles. The Morgan fingerprint density at radius 2 is 0.778 bits per heavy atom. The average molecular weight is 1390 g/mol. The van der Waals surface area contributed by atoms with Crippen LogP contribution in [0.25, 0.3) is 116 Å². The van der Waals surface area contributed by atoms with Crippen LogP contribution in [0.3, 0.4) is 0 Å². The average Bonchev–Trinajstić information content (AvgIpc) is 1.43. The summed E-state index contributed by atoms with van der Waals surface area (Å²) in [5.41, 5.74) is 30.8. The molecule has 21 rings (SSSR count). The van der Waals surface area contributed by atoms with Crippen molar-refractivity contribution in [2.24, 2.45) is 0 Å². The van der Waals surface area contributed by atoms with Crippen molar-refractivity contribution in [1.29, 1.82) is 0 Å². The molecule has 2 aromatic heterocycles. The third-order valence-corrected chi connectivity index (χ3v) is 23.7. The monoisotopic (exact) mass is 1390 g/mol. The molecule has 4 heterocycles. The van der Waals surface area contributed by atoms with Gasteiger partial charge in [0.1, 0.15) is 5.58 Å². The lowest BCUT2D eigenvalue weighted by molar-refractivity contribution is 0.569. The van der Waals surface area contributed by atoms with Gasteiger partial charge >= 0.3 is 0 Å². The van der Waals surface area contributed by atoms with E-state index < -0.39 is 53.8 Å². The van der Waals surface area contributed by atoms with Crippen LogP contribution in [0, 0.1) is 0 Å². The number of fused-ring (bicyclic) bond motifs is 20. The second kappa shape index (κ2) is 23.3. The molecule has 0 amide bonds. The van der Waals surface area contributed by atoms with Crippen molar-refractivity contribution in [3.63, 3.8) is 0 Å². The fraction of sp³-hybridized carbons (Fsp3) is 0.126. The van der Waals surface area contributed by atoms with Gasteiger partial charge in [0, 0.05) is 61.1 Å². The molecule has 4 nitrogen and oxygen atoms in total. The van der Waals surface area contributed by atoms with Crippen LogP contribution in [0.4, 0.5) is 34.1 Å². The predicted octanol–water partition coefficient (Wildman–Crippen LogP) is 25.7. The van der Waals surface area contributed by atoms with E-state index in [4.69, 9.17) is 7.16 Å². The van der Waals surface area contributed by atoms with Crippen molar-refractivity contribution in [3.8, 4) is 72.4 Å². The highest BCUT2D eigenvalue weighted by molar-refractivity contribution is 7.00. The van der Waals surface area contributed by atoms with Gasteiger partial charge < -0.3 is 18.8 Å². The first kappa shape index (κ1) is 56.0. The molecule has 0 fully saturated rings. The second-order valence-corrected chi connectivity index (χ2v) is 32.9. The smallest absolute Gasteiger partial charge is 0.252 e. The molecule has 108 heavy (non-hydrogen) atoms. The molecule has 0 saturated carbocycles. The van der Waals surface area contributed by atoms with E-state index in [0.717, 1.165) is 117 Å². The van der Waals surface area contributed by atoms with Crippen LogP contribution in [0.5, 0.6) is 0 Å². The number of furan rings is 1. The fourth-order valence-electron chi connectivity index (χ4n) is 18.5. The van der Waals surface area contributed by atoms with Gasteiger partial charge in [0.15, 0.2) is 5.58 Å². The van der Waals surface area contributed by atoms with Crippen LogP contribution >= 0.6 is 0 Å². The van der Waals surface area contributed by atoms with Gasteiger partial charge in [0.25, 0.3) is 6.71 Å². The molecular formula is C103H80BN3O. The number of nitrogens with zero attached hydrogens (tertiary/aromatic N) is 3. The van der Waals surface area contributed by atoms with Crippen molar-refractivity contribution in [1.82, 2.24) is 4.57 Å². The van der Waals surface area contributed by atoms with Crippen LogP contribution < -0.4 is 26.2 Å². The summed E-state index contributed by atoms with van der Waals surface area (Å²) in [6.45, 7) is 20.1. The molecular weight excluding hydrogens is 1310 g/mol. The van der Waals surface area contributed by atoms with E-state index >= 15 is 0 Å². The first-order valence-corrected chi connectivity index (χ1v) is 37.7. The Morgan fingerprint density at radius 1 is 0.306 bits per heavy atom. The van der Waals surface area contributed by atoms with E-state index in [1.165, 1.54) is 55.6 Å². The van der Waals surface area contributed by atoms with Gasteiger partial charge in [-0.05, 0) is 194 Å². The van der Waals surface area contributed by atoms with Gasteiger partial charge in [0.05, 0.1) is 38.8 Å². The van der Waals surface area contributed by atoms with Crippen LogP contribution in [0.15, 0.2) is 326 Å². The molecule has 0 N–H and O–H groups in total. The van der Waals surface area contributed by atoms with Gasteiger partial charge in [-0.25, -0.2) is 0 Å². The van der Waals surface area contributed by atoms with Crippen molar-refractivity contribution < 1.29 is 15.4 Å². The summed E-state index contributed by atoms with van der Waals surface area (Å²) in [6, 6.07) is 96.4. The Hall–Kier alpha value is -12.4. The van der Waals surface area contributed by atoms with Gasteiger partial charge in [-0.15, -0.1) is 0 Å². The van der Waals surface area contributed by atoms with E-state index in [1.54, 1.807) is 4.57 Å². The van der Waals surface area contributed by atoms with Gasteiger partial charge in [-0.1, -0.05) is 317 Å². The summed E-state index contributed by atoms with van der Waals surface area (Å²) in [7, 11) is 0. The molecule has 0 saturated heterocycles. The number of benzene rings is 15. The molecule has 516 valence electrons. The van der Waals surface area contributed by atoms with Crippen molar-refractivity contribution in [2.75, 3.05) is 9.80 Å². The van der Waals surface area contributed by atoms with Crippen LogP contribution in [-0.4, -0.2) is 11.3 Å². The summed E-state index contributed by atoms with van der Waals surface area (Å²) >= 11 is 0. The zero-order valence-electron chi connectivity index (χ0n) is 69.8. The van der Waals surface area contributed by atoms with Gasteiger partial charge in [-0.3, -0.25) is 0 Å². The summed E-state index contributed by atoms with van der Waals surface area (Å²) in [5.74, 6) is 0. The lowest BCUT2D eigenvalue weighted by atomic mass is 9.33. The van der Waals surface area contributed by atoms with Crippen molar-refractivity contribution >= 4 is 101 Å². The standard InChI is InChI=1S/C103H80BN3O/c1-100(2,3)69-54-68(55-70(59-69)101(4,5)6)66-47-51-87-93(58-66)106(91-53-48-65(63-28-12-10-13-29-63)56-81(91)64-30-14-11-15-31-64)95-60-71(102(7,8)9)61-96-97(95)104(87)88-52-49-72(105-89-43-24-19-35-77(89)78-36-20-25-44-90(78)105)62-94(88)107(96)92-45-27-39-80-79-38-26-37-73(98(79)108-99(80)92)67-46-50-86-82(57-67)76-34-18-23-42-85(76)103(86)83-40-21-16-32-74(83)75-33-17-22-41-84(75)103/h10-62H,1-9H3/i19D,20D,24D,25D,35D,36D,43D,44D. The normalized spacial score (nSPS) is 14.8. The molecule has 0 radical (unpaired) electrons. The molecule has 0 atom stereocenters. The van der Waals surface area contributed by atoms with Crippen LogP contribution in [0.2, 0.25) is 0 Å². The maximum absolute atomic E-state index is 9.82. The Labute approximate surface area is 643 Å². The summed E-state index contributed by atoms with van der Waals surface area (Å²) in [6.07, 6.45) is 0. The Balaban J connectivity index is 0.860. The number of para-hydroxylation sites is 4. The summed E-state index contributed by atoms with van der Waals surface area (Å²) < 4.78 is 84.8. The molecule has 0 bridgehead atoms. The Bertz CT molecular complexity index is 7010.